The van der Waals surface area contributed by atoms with E-state index in [1.165, 1.54) is 14.2 Å². The molecule has 0 bridgehead atoms. The summed E-state index contributed by atoms with van der Waals surface area (Å²) in [7, 11) is -0.508. The van der Waals surface area contributed by atoms with Crippen LogP contribution in [0.1, 0.15) is 10.4 Å². The zero-order chi connectivity index (χ0) is 13.6. The Balaban J connectivity index is 2.61. The summed E-state index contributed by atoms with van der Waals surface area (Å²) in [6.07, 6.45) is 0. The molecule has 1 rings (SSSR count). The number of amides is 1. The maximum atomic E-state index is 11.8. The van der Waals surface area contributed by atoms with Gasteiger partial charge >= 0.3 is 0 Å². The molecule has 1 aromatic rings. The monoisotopic (exact) mass is 272 g/mol. The first kappa shape index (κ1) is 14.5. The van der Waals surface area contributed by atoms with Crippen LogP contribution in [0.4, 0.5) is 0 Å². The zero-order valence-corrected chi connectivity index (χ0v) is 11.1. The number of carbonyl (C=O) groups is 1. The second kappa shape index (κ2) is 6.36. The van der Waals surface area contributed by atoms with E-state index in [1.54, 1.807) is 24.3 Å². The maximum absolute atomic E-state index is 11.8. The van der Waals surface area contributed by atoms with Crippen molar-refractivity contribution in [1.29, 1.82) is 0 Å². The Hall–Kier alpha value is -1.60. The highest BCUT2D eigenvalue weighted by Crippen LogP contribution is 2.16. The van der Waals surface area contributed by atoms with Crippen LogP contribution in [0.3, 0.4) is 0 Å². The van der Waals surface area contributed by atoms with Crippen LogP contribution in [0.5, 0.6) is 5.75 Å². The average molecular weight is 272 g/mol. The largest absolute Gasteiger partial charge is 0.496 e. The summed E-state index contributed by atoms with van der Waals surface area (Å²) in [4.78, 5) is 11.8. The Bertz CT molecular complexity index is 514. The quantitative estimate of drug-likeness (QED) is 0.762. The number of para-hydroxylation sites is 1. The van der Waals surface area contributed by atoms with Gasteiger partial charge in [-0.05, 0) is 19.2 Å². The van der Waals surface area contributed by atoms with E-state index in [0.717, 1.165) is 0 Å². The van der Waals surface area contributed by atoms with Gasteiger partial charge in [0.25, 0.3) is 5.91 Å². The van der Waals surface area contributed by atoms with Crippen molar-refractivity contribution in [1.82, 2.24) is 10.0 Å². The summed E-state index contributed by atoms with van der Waals surface area (Å²) in [5.74, 6) is -0.0741. The minimum atomic E-state index is -3.31. The fourth-order valence-corrected chi connectivity index (χ4v) is 1.90. The van der Waals surface area contributed by atoms with Crippen LogP contribution in [0.25, 0.3) is 0 Å². The van der Waals surface area contributed by atoms with Crippen molar-refractivity contribution in [2.75, 3.05) is 26.5 Å². The molecule has 0 spiro atoms. The molecule has 1 amide bonds. The number of methoxy groups -OCH3 is 1. The lowest BCUT2D eigenvalue weighted by Gasteiger charge is -2.09. The third-order valence-corrected chi connectivity index (χ3v) is 3.68. The molecule has 6 nitrogen and oxygen atoms in total. The van der Waals surface area contributed by atoms with Crippen LogP contribution in [0.2, 0.25) is 0 Å². The first-order valence-electron chi connectivity index (χ1n) is 5.32. The van der Waals surface area contributed by atoms with E-state index in [1.807, 2.05) is 0 Å². The van der Waals surface area contributed by atoms with Gasteiger partial charge in [-0.1, -0.05) is 12.1 Å². The van der Waals surface area contributed by atoms with Crippen LogP contribution in [0.15, 0.2) is 24.3 Å². The van der Waals surface area contributed by atoms with E-state index in [-0.39, 0.29) is 18.2 Å². The van der Waals surface area contributed by atoms with Crippen molar-refractivity contribution in [3.8, 4) is 5.75 Å². The topological polar surface area (TPSA) is 84.5 Å². The molecule has 0 aliphatic carbocycles. The van der Waals surface area contributed by atoms with E-state index >= 15 is 0 Å². The SMILES string of the molecule is CNS(=O)(=O)CCNC(=O)c1ccccc1OC. The molecule has 0 radical (unpaired) electrons. The third-order valence-electron chi connectivity index (χ3n) is 2.32. The first-order valence-corrected chi connectivity index (χ1v) is 6.98. The number of nitrogens with one attached hydrogen (secondary N) is 2. The van der Waals surface area contributed by atoms with E-state index in [0.29, 0.717) is 11.3 Å². The number of ether oxygens (including phenoxy) is 1. The molecule has 0 atom stereocenters. The molecule has 7 heteroatoms. The van der Waals surface area contributed by atoms with Gasteiger partial charge in [-0.15, -0.1) is 0 Å². The van der Waals surface area contributed by atoms with Crippen molar-refractivity contribution < 1.29 is 17.9 Å². The summed E-state index contributed by atoms with van der Waals surface area (Å²) in [5, 5.41) is 2.53. The lowest BCUT2D eigenvalue weighted by Crippen LogP contribution is -2.33. The molecule has 0 aliphatic heterocycles. The molecule has 0 unspecified atom stereocenters. The zero-order valence-electron chi connectivity index (χ0n) is 10.3. The van der Waals surface area contributed by atoms with E-state index < -0.39 is 10.0 Å². The molecule has 0 heterocycles. The predicted molar refractivity (Wildman–Crippen MR) is 68.2 cm³/mol. The Kier molecular flexibility index (Phi) is 5.11. The molecule has 0 aromatic heterocycles. The van der Waals surface area contributed by atoms with Crippen molar-refractivity contribution >= 4 is 15.9 Å². The fraction of sp³-hybridized carbons (Fsp3) is 0.364. The fourth-order valence-electron chi connectivity index (χ4n) is 1.33. The first-order chi connectivity index (χ1) is 8.50. The van der Waals surface area contributed by atoms with Gasteiger partial charge in [-0.25, -0.2) is 13.1 Å². The van der Waals surface area contributed by atoms with Crippen molar-refractivity contribution in [3.63, 3.8) is 0 Å². The lowest BCUT2D eigenvalue weighted by molar-refractivity contribution is 0.0953. The van der Waals surface area contributed by atoms with Gasteiger partial charge in [0.15, 0.2) is 0 Å². The molecule has 2 N–H and O–H groups in total. The summed E-state index contributed by atoms with van der Waals surface area (Å²) in [5.41, 5.74) is 0.377. The highest BCUT2D eigenvalue weighted by Gasteiger charge is 2.12. The normalized spacial score (nSPS) is 11.0. The Morgan fingerprint density at radius 2 is 2.00 bits per heavy atom. The summed E-state index contributed by atoms with van der Waals surface area (Å²) < 4.78 is 29.5. The number of benzene rings is 1. The molecule has 0 aliphatic rings. The van der Waals surface area contributed by atoms with Crippen molar-refractivity contribution in [2.45, 2.75) is 0 Å². The van der Waals surface area contributed by atoms with Crippen LogP contribution in [-0.4, -0.2) is 40.8 Å². The third kappa shape index (κ3) is 4.01. The van der Waals surface area contributed by atoms with Crippen LogP contribution < -0.4 is 14.8 Å². The second-order valence-electron chi connectivity index (χ2n) is 3.48. The van der Waals surface area contributed by atoms with Gasteiger partial charge in [0.2, 0.25) is 10.0 Å². The standard InChI is InChI=1S/C11H16N2O4S/c1-12-18(15,16)8-7-13-11(14)9-5-3-4-6-10(9)17-2/h3-6,12H,7-8H2,1-2H3,(H,13,14). The van der Waals surface area contributed by atoms with E-state index in [2.05, 4.69) is 10.0 Å². The second-order valence-corrected chi connectivity index (χ2v) is 5.53. The molecule has 100 valence electrons. The predicted octanol–water partition coefficient (Wildman–Crippen LogP) is -0.0258. The van der Waals surface area contributed by atoms with Crippen LogP contribution >= 0.6 is 0 Å². The Morgan fingerprint density at radius 3 is 2.61 bits per heavy atom. The number of carbonyl (C=O) groups excluding carboxylic acids is 1. The molecule has 0 saturated carbocycles. The molecule has 0 saturated heterocycles. The summed E-state index contributed by atoms with van der Waals surface area (Å²) >= 11 is 0. The van der Waals surface area contributed by atoms with Crippen molar-refractivity contribution in [2.24, 2.45) is 0 Å². The van der Waals surface area contributed by atoms with Gasteiger partial charge in [0, 0.05) is 6.54 Å². The maximum Gasteiger partial charge on any atom is 0.255 e. The Morgan fingerprint density at radius 1 is 1.33 bits per heavy atom. The number of hydrogen-bond donors (Lipinski definition) is 2. The highest BCUT2D eigenvalue weighted by atomic mass is 32.2. The number of rotatable bonds is 6. The lowest BCUT2D eigenvalue weighted by atomic mass is 10.2. The van der Waals surface area contributed by atoms with E-state index in [9.17, 15) is 13.2 Å². The van der Waals surface area contributed by atoms with Gasteiger partial charge in [-0.2, -0.15) is 0 Å². The molecular formula is C11H16N2O4S. The minimum absolute atomic E-state index is 0.0417. The van der Waals surface area contributed by atoms with Crippen LogP contribution in [-0.2, 0) is 10.0 Å². The van der Waals surface area contributed by atoms with Gasteiger partial charge in [0.1, 0.15) is 5.75 Å². The average Bonchev–Trinajstić information content (AvgIpc) is 2.38. The minimum Gasteiger partial charge on any atom is -0.496 e. The molecule has 1 aromatic carbocycles. The molecular weight excluding hydrogens is 256 g/mol. The van der Waals surface area contributed by atoms with Gasteiger partial charge < -0.3 is 10.1 Å². The number of sulfonamides is 1. The molecule has 18 heavy (non-hydrogen) atoms. The highest BCUT2D eigenvalue weighted by molar-refractivity contribution is 7.89. The van der Waals surface area contributed by atoms with Gasteiger partial charge in [-0.3, -0.25) is 4.79 Å². The smallest absolute Gasteiger partial charge is 0.255 e. The van der Waals surface area contributed by atoms with Gasteiger partial charge in [0.05, 0.1) is 18.4 Å². The summed E-state index contributed by atoms with van der Waals surface area (Å²) in [6.45, 7) is 0.0417. The van der Waals surface area contributed by atoms with Crippen LogP contribution in [0, 0.1) is 0 Å². The molecule has 0 fully saturated rings. The summed E-state index contributed by atoms with van der Waals surface area (Å²) in [6, 6.07) is 6.74. The van der Waals surface area contributed by atoms with Crippen molar-refractivity contribution in [3.05, 3.63) is 29.8 Å². The number of hydrogen-bond acceptors (Lipinski definition) is 4. The Labute approximate surface area is 106 Å². The van der Waals surface area contributed by atoms with E-state index in [4.69, 9.17) is 4.74 Å².